The minimum atomic E-state index is -0.127. The Morgan fingerprint density at radius 3 is 3.08 bits per heavy atom. The number of rotatable bonds is 6. The van der Waals surface area contributed by atoms with E-state index < -0.39 is 0 Å². The van der Waals surface area contributed by atoms with Crippen LogP contribution in [0.4, 0.5) is 0 Å². The predicted octanol–water partition coefficient (Wildman–Crippen LogP) is 1.65. The van der Waals surface area contributed by atoms with Crippen molar-refractivity contribution < 1.29 is 9.53 Å². The normalized spacial score (nSPS) is 15.8. The Labute approximate surface area is 144 Å². The molecule has 2 heterocycles. The lowest BCUT2D eigenvalue weighted by Crippen LogP contribution is -2.31. The molecule has 2 aromatic rings. The number of fused-ring (bicyclic) bond motifs is 1. The summed E-state index contributed by atoms with van der Waals surface area (Å²) in [4.78, 5) is 28.3. The number of nitrogens with one attached hydrogen (secondary N) is 1. The van der Waals surface area contributed by atoms with Crippen molar-refractivity contribution in [3.63, 3.8) is 0 Å². The molecule has 1 aliphatic heterocycles. The fourth-order valence-electron chi connectivity index (χ4n) is 2.77. The monoisotopic (exact) mass is 345 g/mol. The van der Waals surface area contributed by atoms with Crippen molar-refractivity contribution >= 4 is 17.7 Å². The average molecular weight is 345 g/mol. The van der Waals surface area contributed by atoms with Crippen molar-refractivity contribution in [1.82, 2.24) is 14.9 Å². The van der Waals surface area contributed by atoms with Crippen LogP contribution in [0.5, 0.6) is 5.75 Å². The van der Waals surface area contributed by atoms with Crippen LogP contribution in [0.3, 0.4) is 0 Å². The van der Waals surface area contributed by atoms with E-state index in [4.69, 9.17) is 4.74 Å². The highest BCUT2D eigenvalue weighted by Crippen LogP contribution is 2.31. The number of thioether (sulfide) groups is 1. The Balaban J connectivity index is 1.54. The smallest absolute Gasteiger partial charge is 0.254 e. The van der Waals surface area contributed by atoms with Gasteiger partial charge in [-0.1, -0.05) is 30.0 Å². The van der Waals surface area contributed by atoms with Gasteiger partial charge in [-0.15, -0.1) is 0 Å². The van der Waals surface area contributed by atoms with E-state index in [-0.39, 0.29) is 23.9 Å². The highest BCUT2D eigenvalue weighted by Gasteiger charge is 2.26. The first kappa shape index (κ1) is 16.6. The molecule has 0 saturated heterocycles. The van der Waals surface area contributed by atoms with Gasteiger partial charge in [-0.25, -0.2) is 4.98 Å². The quantitative estimate of drug-likeness (QED) is 0.806. The lowest BCUT2D eigenvalue weighted by molar-refractivity contribution is -0.121. The molecule has 126 valence electrons. The van der Waals surface area contributed by atoms with Crippen molar-refractivity contribution in [3.05, 3.63) is 52.4 Å². The molecular formula is C17H19N3O3S. The summed E-state index contributed by atoms with van der Waals surface area (Å²) in [6.07, 6.45) is 2.50. The van der Waals surface area contributed by atoms with Gasteiger partial charge in [0.1, 0.15) is 5.75 Å². The second-order valence-corrected chi connectivity index (χ2v) is 6.50. The minimum Gasteiger partial charge on any atom is -0.496 e. The number of hydrogen-bond acceptors (Lipinski definition) is 5. The molecule has 24 heavy (non-hydrogen) atoms. The third-order valence-corrected chi connectivity index (χ3v) is 5.06. The van der Waals surface area contributed by atoms with Crippen LogP contribution in [0.2, 0.25) is 0 Å². The number of hydrogen-bond donors (Lipinski definition) is 1. The van der Waals surface area contributed by atoms with Gasteiger partial charge in [-0.2, -0.15) is 0 Å². The van der Waals surface area contributed by atoms with Crippen molar-refractivity contribution in [1.29, 1.82) is 0 Å². The van der Waals surface area contributed by atoms with E-state index in [1.807, 2.05) is 24.3 Å². The third kappa shape index (κ3) is 3.62. The summed E-state index contributed by atoms with van der Waals surface area (Å²) in [5, 5.41) is 3.61. The summed E-state index contributed by atoms with van der Waals surface area (Å²) in [6.45, 7) is 0.536. The van der Waals surface area contributed by atoms with Gasteiger partial charge in [0.25, 0.3) is 5.56 Å². The van der Waals surface area contributed by atoms with E-state index in [1.165, 1.54) is 24.0 Å². The van der Waals surface area contributed by atoms with Crippen molar-refractivity contribution in [2.24, 2.45) is 0 Å². The van der Waals surface area contributed by atoms with Gasteiger partial charge in [0, 0.05) is 31.0 Å². The average Bonchev–Trinajstić information content (AvgIpc) is 2.99. The molecule has 1 unspecified atom stereocenters. The Bertz CT molecular complexity index is 791. The number of amides is 1. The van der Waals surface area contributed by atoms with Crippen molar-refractivity contribution in [2.75, 3.05) is 19.4 Å². The molecule has 1 N–H and O–H groups in total. The van der Waals surface area contributed by atoms with E-state index in [0.717, 1.165) is 11.3 Å². The molecule has 1 aromatic heterocycles. The van der Waals surface area contributed by atoms with E-state index in [2.05, 4.69) is 10.3 Å². The van der Waals surface area contributed by atoms with Gasteiger partial charge in [-0.05, 0) is 18.1 Å². The standard InChI is InChI=1S/C17H19N3O3S/c1-23-14-5-3-2-4-12(14)6-8-18-15(21)10-13-11-24-17-19-9-7-16(22)20(13)17/h2-5,7,9,13H,6,8,10-11H2,1H3,(H,18,21). The molecule has 1 amide bonds. The van der Waals surface area contributed by atoms with Crippen LogP contribution in [-0.2, 0) is 11.2 Å². The molecule has 7 heteroatoms. The maximum Gasteiger partial charge on any atom is 0.254 e. The molecule has 0 saturated carbocycles. The summed E-state index contributed by atoms with van der Waals surface area (Å²) < 4.78 is 6.92. The highest BCUT2D eigenvalue weighted by molar-refractivity contribution is 7.99. The number of ether oxygens (including phenoxy) is 1. The number of para-hydroxylation sites is 1. The fourth-order valence-corrected chi connectivity index (χ4v) is 3.89. The SMILES string of the molecule is COc1ccccc1CCNC(=O)CC1CSc2nccc(=O)n21. The van der Waals surface area contributed by atoms with Crippen LogP contribution in [-0.4, -0.2) is 34.9 Å². The number of carbonyl (C=O) groups excluding carboxylic acids is 1. The topological polar surface area (TPSA) is 73.2 Å². The minimum absolute atomic E-state index is 0.0564. The van der Waals surface area contributed by atoms with Crippen LogP contribution in [0.15, 0.2) is 46.5 Å². The maximum absolute atomic E-state index is 12.2. The summed E-state index contributed by atoms with van der Waals surface area (Å²) in [6, 6.07) is 9.07. The van der Waals surface area contributed by atoms with E-state index in [1.54, 1.807) is 11.7 Å². The van der Waals surface area contributed by atoms with Crippen LogP contribution >= 0.6 is 11.8 Å². The number of methoxy groups -OCH3 is 1. The number of carbonyl (C=O) groups is 1. The second-order valence-electron chi connectivity index (χ2n) is 5.52. The van der Waals surface area contributed by atoms with Gasteiger partial charge in [0.2, 0.25) is 5.91 Å². The Hall–Kier alpha value is -2.28. The molecule has 0 radical (unpaired) electrons. The zero-order valence-corrected chi connectivity index (χ0v) is 14.2. The Kier molecular flexibility index (Phi) is 5.20. The lowest BCUT2D eigenvalue weighted by atomic mass is 10.1. The summed E-state index contributed by atoms with van der Waals surface area (Å²) in [5.41, 5.74) is 0.958. The Morgan fingerprint density at radius 1 is 1.42 bits per heavy atom. The van der Waals surface area contributed by atoms with Gasteiger partial charge in [0.15, 0.2) is 5.16 Å². The number of aromatic nitrogens is 2. The molecular weight excluding hydrogens is 326 g/mol. The predicted molar refractivity (Wildman–Crippen MR) is 92.6 cm³/mol. The zero-order chi connectivity index (χ0) is 16.9. The summed E-state index contributed by atoms with van der Waals surface area (Å²) >= 11 is 1.51. The van der Waals surface area contributed by atoms with Crippen molar-refractivity contribution in [3.8, 4) is 5.75 Å². The van der Waals surface area contributed by atoms with Gasteiger partial charge < -0.3 is 10.1 Å². The zero-order valence-electron chi connectivity index (χ0n) is 13.4. The van der Waals surface area contributed by atoms with Gasteiger partial charge in [0.05, 0.1) is 13.2 Å². The van der Waals surface area contributed by atoms with Crippen LogP contribution < -0.4 is 15.6 Å². The molecule has 0 bridgehead atoms. The van der Waals surface area contributed by atoms with E-state index >= 15 is 0 Å². The number of benzene rings is 1. The first-order valence-corrected chi connectivity index (χ1v) is 8.76. The van der Waals surface area contributed by atoms with Crippen LogP contribution in [0.1, 0.15) is 18.0 Å². The third-order valence-electron chi connectivity index (χ3n) is 3.95. The molecule has 0 spiro atoms. The highest BCUT2D eigenvalue weighted by atomic mass is 32.2. The Morgan fingerprint density at radius 2 is 2.25 bits per heavy atom. The molecule has 1 aliphatic rings. The van der Waals surface area contributed by atoms with Gasteiger partial charge >= 0.3 is 0 Å². The number of nitrogens with zero attached hydrogens (tertiary/aromatic N) is 2. The molecule has 3 rings (SSSR count). The molecule has 6 nitrogen and oxygen atoms in total. The van der Waals surface area contributed by atoms with Crippen LogP contribution in [0, 0.1) is 0 Å². The second kappa shape index (κ2) is 7.53. The maximum atomic E-state index is 12.2. The van der Waals surface area contributed by atoms with Gasteiger partial charge in [-0.3, -0.25) is 14.2 Å². The first-order chi connectivity index (χ1) is 11.7. The molecule has 1 aromatic carbocycles. The first-order valence-electron chi connectivity index (χ1n) is 7.78. The molecule has 0 aliphatic carbocycles. The summed E-state index contributed by atoms with van der Waals surface area (Å²) in [5.74, 6) is 1.47. The molecule has 0 fully saturated rings. The summed E-state index contributed by atoms with van der Waals surface area (Å²) in [7, 11) is 1.64. The largest absolute Gasteiger partial charge is 0.496 e. The van der Waals surface area contributed by atoms with E-state index in [9.17, 15) is 9.59 Å². The van der Waals surface area contributed by atoms with Crippen LogP contribution in [0.25, 0.3) is 0 Å². The van der Waals surface area contributed by atoms with E-state index in [0.29, 0.717) is 23.9 Å². The lowest BCUT2D eigenvalue weighted by Gasteiger charge is -2.13. The fraction of sp³-hybridized carbons (Fsp3) is 0.353. The van der Waals surface area contributed by atoms with Crippen molar-refractivity contribution in [2.45, 2.75) is 24.0 Å². The molecule has 1 atom stereocenters.